The highest BCUT2D eigenvalue weighted by Gasteiger charge is 2.20. The predicted octanol–water partition coefficient (Wildman–Crippen LogP) is 3.85. The van der Waals surface area contributed by atoms with Crippen LogP contribution in [0.1, 0.15) is 35.0 Å². The lowest BCUT2D eigenvalue weighted by molar-refractivity contribution is 0.111. The molecule has 4 aromatic heterocycles. The van der Waals surface area contributed by atoms with Gasteiger partial charge in [-0.15, -0.1) is 23.2 Å². The Hall–Kier alpha value is -4.09. The molecule has 0 atom stereocenters. The molecule has 6 rings (SSSR count). The first-order chi connectivity index (χ1) is 23.3. The van der Waals surface area contributed by atoms with Crippen molar-refractivity contribution in [3.05, 3.63) is 122 Å². The van der Waals surface area contributed by atoms with Crippen LogP contribution in [-0.4, -0.2) is 54.1 Å². The first-order valence-electron chi connectivity index (χ1n) is 14.3. The van der Waals surface area contributed by atoms with Gasteiger partial charge in [0.05, 0.1) is 11.9 Å². The lowest BCUT2D eigenvalue weighted by Gasteiger charge is -2.09. The SMILES string of the molecule is C.ClCCl.Cn1c(=O)c2c(nc(C=O)n2Cc2cccc(Br)c2)n(C)c1=O.Cn1c(=O)c2c(nc(CO)n2Cc2cccc(Br)c2)n(C)c1=O. The van der Waals surface area contributed by atoms with E-state index >= 15 is 0 Å². The van der Waals surface area contributed by atoms with Crippen LogP contribution in [0.5, 0.6) is 0 Å². The van der Waals surface area contributed by atoms with Crippen LogP contribution >= 0.6 is 55.1 Å². The summed E-state index contributed by atoms with van der Waals surface area (Å²) in [5.74, 6) is 0.455. The third-order valence-electron chi connectivity index (χ3n) is 7.51. The third-order valence-corrected chi connectivity index (χ3v) is 8.50. The molecule has 1 N–H and O–H groups in total. The van der Waals surface area contributed by atoms with Crippen LogP contribution in [0.3, 0.4) is 0 Å². The summed E-state index contributed by atoms with van der Waals surface area (Å²) in [4.78, 5) is 68.8. The molecule has 0 saturated heterocycles. The smallest absolute Gasteiger partial charge is 0.332 e. The Morgan fingerprint density at radius 1 is 0.720 bits per heavy atom. The highest BCUT2D eigenvalue weighted by Crippen LogP contribution is 2.18. The summed E-state index contributed by atoms with van der Waals surface area (Å²) >= 11 is 16.3. The number of halogens is 4. The highest BCUT2D eigenvalue weighted by molar-refractivity contribution is 9.10. The molecule has 2 aromatic carbocycles. The van der Waals surface area contributed by atoms with E-state index in [0.29, 0.717) is 30.7 Å². The van der Waals surface area contributed by atoms with Crippen molar-refractivity contribution in [2.75, 3.05) is 5.34 Å². The predicted molar refractivity (Wildman–Crippen MR) is 202 cm³/mol. The van der Waals surface area contributed by atoms with Gasteiger partial charge < -0.3 is 14.2 Å². The molecule has 0 amide bonds. The Labute approximate surface area is 312 Å². The number of hydrogen-bond acceptors (Lipinski definition) is 8. The number of aldehydes is 1. The Kier molecular flexibility index (Phi) is 13.9. The standard InChI is InChI=1S/C15H15BrN4O3.C15H13BrN4O3.CH2Cl2.CH4/c2*1-18-13-12(14(22)19(2)15(18)23)20(11(8-21)17-13)7-9-4-3-5-10(16)6-9;2-1-3;/h3-6,21H,7-8H2,1-2H3;3-6,8H,7H2,1-2H3;1H2;1H4. The topological polar surface area (TPSA) is 161 Å². The molecule has 0 spiro atoms. The largest absolute Gasteiger partial charge is 0.388 e. The van der Waals surface area contributed by atoms with Crippen LogP contribution in [0.2, 0.25) is 0 Å². The van der Waals surface area contributed by atoms with E-state index < -0.39 is 22.5 Å². The molecule has 4 heterocycles. The molecule has 266 valence electrons. The van der Waals surface area contributed by atoms with Crippen molar-refractivity contribution in [3.63, 3.8) is 0 Å². The van der Waals surface area contributed by atoms with Crippen LogP contribution in [0, 0.1) is 0 Å². The number of hydrogen-bond donors (Lipinski definition) is 1. The van der Waals surface area contributed by atoms with E-state index in [0.717, 1.165) is 29.2 Å². The van der Waals surface area contributed by atoms with Crippen molar-refractivity contribution >= 4 is 83.7 Å². The number of carbonyl (C=O) groups is 1. The maximum absolute atomic E-state index is 12.5. The monoisotopic (exact) mass is 854 g/mol. The quantitative estimate of drug-likeness (QED) is 0.195. The minimum Gasteiger partial charge on any atom is -0.388 e. The van der Waals surface area contributed by atoms with Crippen molar-refractivity contribution in [3.8, 4) is 0 Å². The average Bonchev–Trinajstić information content (AvgIpc) is 3.63. The molecule has 0 radical (unpaired) electrons. The Morgan fingerprint density at radius 2 is 1.14 bits per heavy atom. The van der Waals surface area contributed by atoms with Gasteiger partial charge >= 0.3 is 11.4 Å². The van der Waals surface area contributed by atoms with Gasteiger partial charge in [0.2, 0.25) is 0 Å². The molecule has 0 saturated carbocycles. The van der Waals surface area contributed by atoms with E-state index in [9.17, 15) is 29.1 Å². The van der Waals surface area contributed by atoms with E-state index in [-0.39, 0.29) is 42.0 Å². The zero-order valence-corrected chi connectivity index (χ0v) is 31.3. The van der Waals surface area contributed by atoms with Crippen molar-refractivity contribution in [1.29, 1.82) is 0 Å². The first-order valence-corrected chi connectivity index (χ1v) is 16.9. The molecule has 0 bridgehead atoms. The summed E-state index contributed by atoms with van der Waals surface area (Å²) in [6.07, 6.45) is 0.585. The normalized spacial score (nSPS) is 10.7. The maximum atomic E-state index is 12.5. The zero-order chi connectivity index (χ0) is 36.2. The van der Waals surface area contributed by atoms with Gasteiger partial charge in [0.25, 0.3) is 11.1 Å². The minimum absolute atomic E-state index is 0. The molecule has 0 aliphatic rings. The van der Waals surface area contributed by atoms with E-state index in [1.807, 2.05) is 48.5 Å². The number of aryl methyl sites for hydroxylation is 2. The molecule has 0 aliphatic carbocycles. The van der Waals surface area contributed by atoms with Crippen molar-refractivity contribution < 1.29 is 9.90 Å². The average molecular weight is 857 g/mol. The molecular formula is C32H34Br2Cl2N8O6. The van der Waals surface area contributed by atoms with Crippen molar-refractivity contribution in [2.45, 2.75) is 27.1 Å². The van der Waals surface area contributed by atoms with Gasteiger partial charge in [-0.25, -0.2) is 19.6 Å². The fraction of sp³-hybridized carbons (Fsp3) is 0.281. The van der Waals surface area contributed by atoms with Gasteiger partial charge in [-0.1, -0.05) is 63.6 Å². The number of nitrogens with zero attached hydrogens (tertiary/aromatic N) is 8. The van der Waals surface area contributed by atoms with Gasteiger partial charge in [0, 0.05) is 43.7 Å². The maximum Gasteiger partial charge on any atom is 0.332 e. The summed E-state index contributed by atoms with van der Waals surface area (Å²) in [6, 6.07) is 15.2. The molecule has 14 nitrogen and oxygen atoms in total. The number of carbonyl (C=O) groups excluding carboxylic acids is 1. The molecule has 0 aliphatic heterocycles. The van der Waals surface area contributed by atoms with Gasteiger partial charge in [0.1, 0.15) is 12.4 Å². The van der Waals surface area contributed by atoms with Crippen LogP contribution in [0.15, 0.2) is 76.7 Å². The lowest BCUT2D eigenvalue weighted by Crippen LogP contribution is -2.37. The van der Waals surface area contributed by atoms with Crippen LogP contribution in [0.4, 0.5) is 0 Å². The zero-order valence-electron chi connectivity index (χ0n) is 26.6. The number of aliphatic hydroxyl groups excluding tert-OH is 1. The number of alkyl halides is 2. The minimum atomic E-state index is -0.480. The Bertz CT molecular complexity index is 2430. The van der Waals surface area contributed by atoms with E-state index in [1.165, 1.54) is 34.8 Å². The summed E-state index contributed by atoms with van der Waals surface area (Å²) in [6.45, 7) is 0.358. The molecule has 50 heavy (non-hydrogen) atoms. The second-order valence-electron chi connectivity index (χ2n) is 10.6. The second-order valence-corrected chi connectivity index (χ2v) is 13.2. The van der Waals surface area contributed by atoms with Gasteiger partial charge in [-0.2, -0.15) is 0 Å². The van der Waals surface area contributed by atoms with Crippen LogP contribution < -0.4 is 22.5 Å². The van der Waals surface area contributed by atoms with E-state index in [2.05, 4.69) is 41.8 Å². The fourth-order valence-electron chi connectivity index (χ4n) is 5.13. The van der Waals surface area contributed by atoms with Gasteiger partial charge in [0.15, 0.2) is 34.4 Å². The third kappa shape index (κ3) is 8.10. The molecular weight excluding hydrogens is 823 g/mol. The van der Waals surface area contributed by atoms with Gasteiger partial charge in [-0.05, 0) is 35.4 Å². The lowest BCUT2D eigenvalue weighted by atomic mass is 10.2. The summed E-state index contributed by atoms with van der Waals surface area (Å²) in [5, 5.41) is 9.78. The first kappa shape index (κ1) is 40.3. The second kappa shape index (κ2) is 17.2. The summed E-state index contributed by atoms with van der Waals surface area (Å²) in [5.41, 5.74) is 1.04. The number of aromatic nitrogens is 8. The van der Waals surface area contributed by atoms with Crippen LogP contribution in [-0.2, 0) is 47.9 Å². The van der Waals surface area contributed by atoms with Crippen molar-refractivity contribution in [2.24, 2.45) is 28.2 Å². The molecule has 6 aromatic rings. The Morgan fingerprint density at radius 3 is 1.56 bits per heavy atom. The van der Waals surface area contributed by atoms with E-state index in [4.69, 9.17) is 23.2 Å². The number of benzene rings is 2. The number of aliphatic hydroxyl groups is 1. The molecule has 18 heteroatoms. The van der Waals surface area contributed by atoms with Gasteiger partial charge in [-0.3, -0.25) is 32.7 Å². The summed E-state index contributed by atoms with van der Waals surface area (Å²) < 4.78 is 9.63. The molecule has 0 fully saturated rings. The highest BCUT2D eigenvalue weighted by atomic mass is 79.9. The number of rotatable bonds is 6. The summed E-state index contributed by atoms with van der Waals surface area (Å²) in [7, 11) is 5.91. The number of imidazole rings is 2. The number of fused-ring (bicyclic) bond motifs is 2. The van der Waals surface area contributed by atoms with Crippen LogP contribution in [0.25, 0.3) is 22.3 Å². The van der Waals surface area contributed by atoms with Crippen molar-refractivity contribution in [1.82, 2.24) is 37.4 Å². The molecule has 0 unspecified atom stereocenters. The van der Waals surface area contributed by atoms with E-state index in [1.54, 1.807) is 11.6 Å². The fourth-order valence-corrected chi connectivity index (χ4v) is 6.03. The Balaban J connectivity index is 0.000000246.